The molecule has 3 rings (SSSR count). The molecule has 3 amide bonds. The van der Waals surface area contributed by atoms with E-state index in [1.54, 1.807) is 26.8 Å². The van der Waals surface area contributed by atoms with Gasteiger partial charge in [0.25, 0.3) is 10.1 Å². The third kappa shape index (κ3) is 7.70. The summed E-state index contributed by atoms with van der Waals surface area (Å²) in [7, 11) is -4.30. The maximum Gasteiger partial charge on any atom is 0.330 e. The van der Waals surface area contributed by atoms with Crippen molar-refractivity contribution in [1.82, 2.24) is 10.2 Å². The van der Waals surface area contributed by atoms with Gasteiger partial charge in [0.15, 0.2) is 0 Å². The predicted octanol–water partition coefficient (Wildman–Crippen LogP) is 3.74. The summed E-state index contributed by atoms with van der Waals surface area (Å²) in [4.78, 5) is 40.1. The third-order valence-electron chi connectivity index (χ3n) is 5.51. The van der Waals surface area contributed by atoms with E-state index in [0.717, 1.165) is 5.56 Å². The fourth-order valence-corrected chi connectivity index (χ4v) is 5.63. The lowest BCUT2D eigenvalue weighted by atomic mass is 10.1. The Morgan fingerprint density at radius 3 is 2.43 bits per heavy atom. The Bertz CT molecular complexity index is 1250. The molecule has 1 fully saturated rings. The van der Waals surface area contributed by atoms with Gasteiger partial charge in [-0.25, -0.2) is 9.59 Å². The molecule has 1 aliphatic heterocycles. The van der Waals surface area contributed by atoms with Gasteiger partial charge in [-0.15, -0.1) is 11.8 Å². The van der Waals surface area contributed by atoms with Crippen LogP contribution < -0.4 is 10.6 Å². The van der Waals surface area contributed by atoms with Crippen molar-refractivity contribution in [3.05, 3.63) is 65.7 Å². The number of hydrogen-bond acceptors (Lipinski definition) is 7. The summed E-state index contributed by atoms with van der Waals surface area (Å²) in [6, 6.07) is 13.8. The minimum Gasteiger partial charge on any atom is -0.458 e. The normalized spacial score (nSPS) is 18.7. The molecule has 1 aliphatic rings. The number of benzene rings is 2. The second-order valence-corrected chi connectivity index (χ2v) is 12.4. The van der Waals surface area contributed by atoms with Crippen molar-refractivity contribution in [3.8, 4) is 0 Å². The van der Waals surface area contributed by atoms with Crippen LogP contribution in [0.3, 0.4) is 0 Å². The van der Waals surface area contributed by atoms with Crippen LogP contribution in [0.2, 0.25) is 0 Å². The van der Waals surface area contributed by atoms with E-state index in [0.29, 0.717) is 5.75 Å². The molecule has 0 aromatic heterocycles. The Hall–Kier alpha value is -3.09. The van der Waals surface area contributed by atoms with Gasteiger partial charge in [-0.05, 0) is 51.0 Å². The Balaban J connectivity index is 1.71. The van der Waals surface area contributed by atoms with Crippen molar-refractivity contribution in [2.45, 2.75) is 50.0 Å². The van der Waals surface area contributed by atoms with Crippen molar-refractivity contribution < 1.29 is 32.1 Å². The zero-order valence-corrected chi connectivity index (χ0v) is 22.6. The highest BCUT2D eigenvalue weighted by Crippen LogP contribution is 2.42. The molecule has 1 heterocycles. The zero-order chi connectivity index (χ0) is 27.4. The Labute approximate surface area is 220 Å². The molecule has 3 N–H and O–H groups in total. The molecule has 2 aromatic carbocycles. The molecule has 37 heavy (non-hydrogen) atoms. The van der Waals surface area contributed by atoms with Crippen LogP contribution in [0.25, 0.3) is 0 Å². The van der Waals surface area contributed by atoms with E-state index in [9.17, 15) is 27.4 Å². The molecule has 0 unspecified atom stereocenters. The molecule has 0 spiro atoms. The number of thioether (sulfide) groups is 1. The van der Waals surface area contributed by atoms with Gasteiger partial charge in [-0.1, -0.05) is 42.5 Å². The molecule has 1 saturated heterocycles. The zero-order valence-electron chi connectivity index (χ0n) is 21.0. The molecule has 3 atom stereocenters. The van der Waals surface area contributed by atoms with E-state index in [1.165, 1.54) is 41.8 Å². The largest absolute Gasteiger partial charge is 0.458 e. The first-order chi connectivity index (χ1) is 17.3. The van der Waals surface area contributed by atoms with Crippen molar-refractivity contribution in [2.75, 3.05) is 17.6 Å². The number of urea groups is 1. The van der Waals surface area contributed by atoms with Crippen molar-refractivity contribution in [3.63, 3.8) is 0 Å². The van der Waals surface area contributed by atoms with Crippen LogP contribution in [0, 0.1) is 0 Å². The number of carbonyl (C=O) groups is 3. The first-order valence-corrected chi connectivity index (χ1v) is 14.1. The molecule has 0 radical (unpaired) electrons. The lowest BCUT2D eigenvalue weighted by Crippen LogP contribution is -2.49. The first kappa shape index (κ1) is 28.5. The lowest BCUT2D eigenvalue weighted by molar-refractivity contribution is -0.163. The van der Waals surface area contributed by atoms with Crippen molar-refractivity contribution in [2.24, 2.45) is 0 Å². The van der Waals surface area contributed by atoms with Gasteiger partial charge in [0, 0.05) is 11.4 Å². The van der Waals surface area contributed by atoms with Crippen molar-refractivity contribution >= 4 is 45.5 Å². The summed E-state index contributed by atoms with van der Waals surface area (Å²) in [6.45, 7) is 6.21. The highest BCUT2D eigenvalue weighted by Gasteiger charge is 2.44. The number of ether oxygens (including phenoxy) is 1. The first-order valence-electron chi connectivity index (χ1n) is 11.6. The Morgan fingerprint density at radius 2 is 1.81 bits per heavy atom. The molecule has 2 aromatic rings. The minimum atomic E-state index is -4.30. The highest BCUT2D eigenvalue weighted by atomic mass is 32.2. The van der Waals surface area contributed by atoms with E-state index in [2.05, 4.69) is 10.6 Å². The van der Waals surface area contributed by atoms with E-state index in [4.69, 9.17) is 4.74 Å². The van der Waals surface area contributed by atoms with Gasteiger partial charge in [0.2, 0.25) is 5.91 Å². The monoisotopic (exact) mass is 549 g/mol. The maximum atomic E-state index is 13.3. The van der Waals surface area contributed by atoms with Gasteiger partial charge in [0.05, 0.1) is 6.54 Å². The van der Waals surface area contributed by atoms with E-state index in [-0.39, 0.29) is 17.8 Å². The van der Waals surface area contributed by atoms with Crippen LogP contribution in [-0.2, 0) is 24.4 Å². The molecule has 0 aliphatic carbocycles. The second-order valence-electron chi connectivity index (χ2n) is 9.54. The molecule has 10 nitrogen and oxygen atoms in total. The van der Waals surface area contributed by atoms with Gasteiger partial charge in [0.1, 0.15) is 22.3 Å². The molecule has 200 valence electrons. The highest BCUT2D eigenvalue weighted by molar-refractivity contribution is 7.99. The fourth-order valence-electron chi connectivity index (χ4n) is 3.70. The maximum absolute atomic E-state index is 13.3. The van der Waals surface area contributed by atoms with Crippen LogP contribution in [0.1, 0.15) is 49.4 Å². The summed E-state index contributed by atoms with van der Waals surface area (Å²) in [5.41, 5.74) is 0.696. The second kappa shape index (κ2) is 11.5. The molecule has 0 saturated carbocycles. The number of hydrogen-bond donors (Lipinski definition) is 3. The molecule has 0 bridgehead atoms. The van der Waals surface area contributed by atoms with Gasteiger partial charge < -0.3 is 20.3 Å². The number of esters is 1. The Kier molecular flexibility index (Phi) is 8.88. The van der Waals surface area contributed by atoms with Crippen LogP contribution >= 0.6 is 11.8 Å². The predicted molar refractivity (Wildman–Crippen MR) is 142 cm³/mol. The van der Waals surface area contributed by atoms with E-state index >= 15 is 0 Å². The number of carbonyl (C=O) groups excluding carboxylic acids is 3. The van der Waals surface area contributed by atoms with Crippen LogP contribution in [-0.4, -0.2) is 59.7 Å². The van der Waals surface area contributed by atoms with Crippen molar-refractivity contribution in [1.29, 1.82) is 0 Å². The lowest BCUT2D eigenvalue weighted by Gasteiger charge is -2.30. The fraction of sp³-hybridized carbons (Fsp3) is 0.400. The van der Waals surface area contributed by atoms with Crippen LogP contribution in [0.4, 0.5) is 10.5 Å². The Morgan fingerprint density at radius 1 is 1.14 bits per heavy atom. The van der Waals surface area contributed by atoms with Gasteiger partial charge in [-0.3, -0.25) is 9.35 Å². The van der Waals surface area contributed by atoms with E-state index in [1.807, 2.05) is 30.3 Å². The topological polar surface area (TPSA) is 142 Å². The summed E-state index contributed by atoms with van der Waals surface area (Å²) < 4.78 is 37.7. The number of amides is 3. The number of nitrogens with zero attached hydrogens (tertiary/aromatic N) is 1. The summed E-state index contributed by atoms with van der Waals surface area (Å²) in [6.07, 6.45) is 0. The van der Waals surface area contributed by atoms with Crippen LogP contribution in [0.5, 0.6) is 0 Å². The van der Waals surface area contributed by atoms with Crippen LogP contribution in [0.15, 0.2) is 54.6 Å². The average molecular weight is 550 g/mol. The molecule has 12 heteroatoms. The summed E-state index contributed by atoms with van der Waals surface area (Å²) >= 11 is 1.44. The average Bonchev–Trinajstić information content (AvgIpc) is 3.27. The number of anilines is 1. The van der Waals surface area contributed by atoms with Gasteiger partial charge in [-0.2, -0.15) is 8.42 Å². The third-order valence-corrected chi connectivity index (χ3v) is 8.00. The van der Waals surface area contributed by atoms with Gasteiger partial charge >= 0.3 is 12.0 Å². The smallest absolute Gasteiger partial charge is 0.330 e. The number of nitrogens with one attached hydrogen (secondary N) is 2. The molecular weight excluding hydrogens is 518 g/mol. The summed E-state index contributed by atoms with van der Waals surface area (Å²) in [5, 5.41) is 3.45. The quantitative estimate of drug-likeness (QED) is 0.350. The minimum absolute atomic E-state index is 0.281. The SMILES string of the molecule is C[C@H](c1cccc(NC(=O)NCC(=O)N2[C@@H](c3ccccc3)SC[C@H]2C(=O)OC(C)(C)C)c1)S(=O)(=O)O. The molecular formula is C25H31N3O7S2. The summed E-state index contributed by atoms with van der Waals surface area (Å²) in [5.74, 6) is -0.620. The standard InChI is InChI=1S/C25H31N3O7S2/c1-16(37(32,33)34)18-11-8-12-19(13-18)27-24(31)26-14-21(29)28-20(23(30)35-25(2,3)4)15-36-22(28)17-9-6-5-7-10-17/h5-13,16,20,22H,14-15H2,1-4H3,(H2,26,27,31)(H,32,33,34)/t16-,20+,22-/m1/s1. The van der Waals surface area contributed by atoms with E-state index < -0.39 is 50.3 Å². The number of rotatable bonds is 7.